The number of nitro groups is 1. The summed E-state index contributed by atoms with van der Waals surface area (Å²) in [4.78, 5) is 30.8. The van der Waals surface area contributed by atoms with Crippen molar-refractivity contribution < 1.29 is 27.6 Å². The summed E-state index contributed by atoms with van der Waals surface area (Å²) in [5.74, 6) is 1.09. The molecule has 0 N–H and O–H groups in total. The van der Waals surface area contributed by atoms with E-state index >= 15 is 0 Å². The van der Waals surface area contributed by atoms with Gasteiger partial charge in [0.2, 0.25) is 5.91 Å². The number of hydrogen-bond donors (Lipinski definition) is 0. The molecule has 2 heterocycles. The van der Waals surface area contributed by atoms with Crippen LogP contribution in [0.3, 0.4) is 0 Å². The Balaban J connectivity index is 1.27. The van der Waals surface area contributed by atoms with Gasteiger partial charge in [-0.05, 0) is 56.1 Å². The highest BCUT2D eigenvalue weighted by molar-refractivity contribution is 5.76. The largest absolute Gasteiger partial charge is 0.489 e. The summed E-state index contributed by atoms with van der Waals surface area (Å²) >= 11 is 0. The minimum Gasteiger partial charge on any atom is -0.489 e. The van der Waals surface area contributed by atoms with E-state index in [1.54, 1.807) is 12.4 Å². The molecule has 2 fully saturated rings. The van der Waals surface area contributed by atoms with E-state index < -0.39 is 22.4 Å². The third-order valence-electron chi connectivity index (χ3n) is 7.62. The lowest BCUT2D eigenvalue weighted by Gasteiger charge is -2.36. The SMILES string of the molecule is CCCCC(=O)N1CCN(c2cncc(OC3CCC(Cc4ccc([N+](=O)[O-])c(C(F)(F)F)c4)CC3)c2)CC1. The maximum atomic E-state index is 13.3. The minimum absolute atomic E-state index is 0.00562. The molecule has 1 aliphatic heterocycles. The number of unbranched alkanes of at least 4 members (excludes halogenated alkanes) is 1. The van der Waals surface area contributed by atoms with Crippen LogP contribution in [-0.2, 0) is 17.4 Å². The molecule has 4 rings (SSSR count). The zero-order valence-corrected chi connectivity index (χ0v) is 22.2. The monoisotopic (exact) mass is 548 g/mol. The maximum Gasteiger partial charge on any atom is 0.423 e. The number of ether oxygens (including phenoxy) is 1. The highest BCUT2D eigenvalue weighted by Crippen LogP contribution is 2.38. The van der Waals surface area contributed by atoms with Crippen LogP contribution in [0.2, 0.25) is 0 Å². The summed E-state index contributed by atoms with van der Waals surface area (Å²) in [7, 11) is 0. The van der Waals surface area contributed by atoms with Crippen molar-refractivity contribution >= 4 is 17.3 Å². The van der Waals surface area contributed by atoms with Crippen LogP contribution in [-0.4, -0.2) is 53.0 Å². The molecule has 1 aliphatic carbocycles. The van der Waals surface area contributed by atoms with Crippen LogP contribution in [0.15, 0.2) is 36.7 Å². The highest BCUT2D eigenvalue weighted by atomic mass is 19.4. The van der Waals surface area contributed by atoms with Gasteiger partial charge in [-0.3, -0.25) is 19.9 Å². The Labute approximate surface area is 226 Å². The van der Waals surface area contributed by atoms with E-state index in [9.17, 15) is 28.1 Å². The molecule has 1 aromatic carbocycles. The molecule has 1 saturated carbocycles. The van der Waals surface area contributed by atoms with Gasteiger partial charge in [-0.15, -0.1) is 0 Å². The molecular weight excluding hydrogens is 513 g/mol. The number of amides is 1. The van der Waals surface area contributed by atoms with E-state index in [-0.39, 0.29) is 17.9 Å². The third kappa shape index (κ3) is 7.60. The molecule has 212 valence electrons. The van der Waals surface area contributed by atoms with Gasteiger partial charge in [-0.2, -0.15) is 13.2 Å². The average Bonchev–Trinajstić information content (AvgIpc) is 2.92. The molecule has 39 heavy (non-hydrogen) atoms. The maximum absolute atomic E-state index is 13.3. The number of aromatic nitrogens is 1. The first-order valence-electron chi connectivity index (χ1n) is 13.6. The van der Waals surface area contributed by atoms with E-state index in [2.05, 4.69) is 16.8 Å². The zero-order chi connectivity index (χ0) is 28.0. The number of alkyl halides is 3. The van der Waals surface area contributed by atoms with Crippen LogP contribution in [0.4, 0.5) is 24.5 Å². The normalized spacial score (nSPS) is 20.1. The molecule has 0 radical (unpaired) electrons. The molecule has 1 amide bonds. The Kier molecular flexibility index (Phi) is 9.29. The topological polar surface area (TPSA) is 88.8 Å². The number of pyridine rings is 1. The molecule has 0 bridgehead atoms. The number of halogens is 3. The Morgan fingerprint density at radius 1 is 1.10 bits per heavy atom. The van der Waals surface area contributed by atoms with Crippen molar-refractivity contribution in [3.8, 4) is 5.75 Å². The van der Waals surface area contributed by atoms with E-state index in [1.165, 1.54) is 6.07 Å². The number of piperazine rings is 1. The summed E-state index contributed by atoms with van der Waals surface area (Å²) in [6, 6.07) is 5.27. The van der Waals surface area contributed by atoms with Gasteiger partial charge in [0, 0.05) is 44.7 Å². The van der Waals surface area contributed by atoms with E-state index in [1.807, 2.05) is 11.0 Å². The number of rotatable bonds is 9. The number of nitrogens with zero attached hydrogens (tertiary/aromatic N) is 4. The first-order chi connectivity index (χ1) is 18.6. The van der Waals surface area contributed by atoms with Crippen LogP contribution in [0, 0.1) is 16.0 Å². The number of benzene rings is 1. The number of carbonyl (C=O) groups excluding carboxylic acids is 1. The summed E-state index contributed by atoms with van der Waals surface area (Å²) in [5.41, 5.74) is -0.692. The smallest absolute Gasteiger partial charge is 0.423 e. The molecule has 0 spiro atoms. The van der Waals surface area contributed by atoms with Crippen molar-refractivity contribution in [2.45, 2.75) is 70.6 Å². The van der Waals surface area contributed by atoms with Crippen molar-refractivity contribution in [2.24, 2.45) is 5.92 Å². The second-order valence-electron chi connectivity index (χ2n) is 10.4. The Morgan fingerprint density at radius 3 is 2.46 bits per heavy atom. The Hall–Kier alpha value is -3.37. The first-order valence-corrected chi connectivity index (χ1v) is 13.6. The molecule has 1 saturated heterocycles. The molecule has 2 aliphatic rings. The molecule has 11 heteroatoms. The van der Waals surface area contributed by atoms with Crippen molar-refractivity contribution in [1.82, 2.24) is 9.88 Å². The standard InChI is InChI=1S/C28H35F3N4O4/c1-2-3-4-27(36)34-13-11-33(12-14-34)22-17-24(19-32-18-22)39-23-8-5-20(6-9-23)15-21-7-10-26(35(37)38)25(16-21)28(29,30)31/h7,10,16-20,23H,2-6,8-9,11-15H2,1H3. The van der Waals surface area contributed by atoms with Crippen LogP contribution < -0.4 is 9.64 Å². The van der Waals surface area contributed by atoms with Crippen LogP contribution >= 0.6 is 0 Å². The van der Waals surface area contributed by atoms with Gasteiger partial charge in [-0.1, -0.05) is 19.4 Å². The summed E-state index contributed by atoms with van der Waals surface area (Å²) in [5, 5.41) is 11.0. The van der Waals surface area contributed by atoms with Gasteiger partial charge < -0.3 is 14.5 Å². The van der Waals surface area contributed by atoms with Gasteiger partial charge >= 0.3 is 6.18 Å². The van der Waals surface area contributed by atoms with Crippen LogP contribution in [0.25, 0.3) is 0 Å². The molecule has 0 atom stereocenters. The lowest BCUT2D eigenvalue weighted by atomic mass is 9.83. The average molecular weight is 549 g/mol. The van der Waals surface area contributed by atoms with Crippen molar-refractivity contribution in [2.75, 3.05) is 31.1 Å². The minimum atomic E-state index is -4.77. The van der Waals surface area contributed by atoms with Gasteiger partial charge in [0.05, 0.1) is 29.1 Å². The summed E-state index contributed by atoms with van der Waals surface area (Å²) < 4.78 is 46.2. The predicted octanol–water partition coefficient (Wildman–Crippen LogP) is 6.03. The van der Waals surface area contributed by atoms with Gasteiger partial charge in [0.25, 0.3) is 5.69 Å². The molecule has 0 unspecified atom stereocenters. The van der Waals surface area contributed by atoms with Crippen molar-refractivity contribution in [1.29, 1.82) is 0 Å². The summed E-state index contributed by atoms with van der Waals surface area (Å²) in [6.45, 7) is 4.95. The fraction of sp³-hybridized carbons (Fsp3) is 0.571. The molecular formula is C28H35F3N4O4. The quantitative estimate of drug-likeness (QED) is 0.281. The second-order valence-corrected chi connectivity index (χ2v) is 10.4. The third-order valence-corrected chi connectivity index (χ3v) is 7.62. The molecule has 8 nitrogen and oxygen atoms in total. The first kappa shape index (κ1) is 28.6. The Bertz CT molecular complexity index is 1140. The van der Waals surface area contributed by atoms with E-state index in [0.717, 1.165) is 69.4 Å². The summed E-state index contributed by atoms with van der Waals surface area (Å²) in [6.07, 6.45) is 4.82. The Morgan fingerprint density at radius 2 is 1.82 bits per heavy atom. The van der Waals surface area contributed by atoms with Gasteiger partial charge in [0.1, 0.15) is 11.3 Å². The fourth-order valence-corrected chi connectivity index (χ4v) is 5.42. The number of anilines is 1. The predicted molar refractivity (Wildman–Crippen MR) is 141 cm³/mol. The lowest BCUT2D eigenvalue weighted by molar-refractivity contribution is -0.388. The van der Waals surface area contributed by atoms with E-state index in [0.29, 0.717) is 37.2 Å². The van der Waals surface area contributed by atoms with Crippen LogP contribution in [0.5, 0.6) is 5.75 Å². The van der Waals surface area contributed by atoms with Crippen molar-refractivity contribution in [3.63, 3.8) is 0 Å². The second kappa shape index (κ2) is 12.7. The number of nitro benzene ring substituents is 1. The van der Waals surface area contributed by atoms with Gasteiger partial charge in [-0.25, -0.2) is 0 Å². The fourth-order valence-electron chi connectivity index (χ4n) is 5.42. The highest BCUT2D eigenvalue weighted by Gasteiger charge is 2.38. The molecule has 1 aromatic heterocycles. The van der Waals surface area contributed by atoms with Crippen LogP contribution in [0.1, 0.15) is 63.0 Å². The number of carbonyl (C=O) groups is 1. The zero-order valence-electron chi connectivity index (χ0n) is 22.2. The van der Waals surface area contributed by atoms with Gasteiger partial charge in [0.15, 0.2) is 0 Å². The molecule has 2 aromatic rings. The van der Waals surface area contributed by atoms with Crippen molar-refractivity contribution in [3.05, 3.63) is 57.9 Å². The van der Waals surface area contributed by atoms with E-state index in [4.69, 9.17) is 4.74 Å². The number of hydrogen-bond acceptors (Lipinski definition) is 6. The lowest BCUT2D eigenvalue weighted by Crippen LogP contribution is -2.48.